The third-order valence-electron chi connectivity index (χ3n) is 5.66. The number of benzene rings is 2. The second-order valence-electron chi connectivity index (χ2n) is 7.86. The van der Waals surface area contributed by atoms with Crippen LogP contribution in [0, 0.1) is 5.92 Å². The van der Waals surface area contributed by atoms with Crippen LogP contribution in [0.4, 0.5) is 0 Å². The molecule has 4 heteroatoms. The van der Waals surface area contributed by atoms with E-state index >= 15 is 0 Å². The maximum atomic E-state index is 13.3. The van der Waals surface area contributed by atoms with Gasteiger partial charge in [0.25, 0.3) is 5.91 Å². The molecule has 0 N–H and O–H groups in total. The van der Waals surface area contributed by atoms with E-state index in [2.05, 4.69) is 54.5 Å². The summed E-state index contributed by atoms with van der Waals surface area (Å²) in [6.45, 7) is 8.18. The van der Waals surface area contributed by atoms with Crippen LogP contribution in [0.1, 0.15) is 43.5 Å². The Kier molecular flexibility index (Phi) is 7.20. The Balaban J connectivity index is 1.77. The number of amides is 1. The molecule has 0 aromatic heterocycles. The fourth-order valence-corrected chi connectivity index (χ4v) is 4.19. The van der Waals surface area contributed by atoms with E-state index in [1.165, 1.54) is 12.8 Å². The summed E-state index contributed by atoms with van der Waals surface area (Å²) in [4.78, 5) is 18.0. The summed E-state index contributed by atoms with van der Waals surface area (Å²) in [5.41, 5.74) is 0.833. The average molecular weight is 385 g/mol. The molecule has 27 heavy (non-hydrogen) atoms. The van der Waals surface area contributed by atoms with Gasteiger partial charge < -0.3 is 4.90 Å². The molecule has 146 valence electrons. The summed E-state index contributed by atoms with van der Waals surface area (Å²) < 4.78 is 0. The van der Waals surface area contributed by atoms with E-state index in [4.69, 9.17) is 0 Å². The number of hydrogen-bond acceptors (Lipinski definition) is 3. The van der Waals surface area contributed by atoms with Gasteiger partial charge in [-0.3, -0.25) is 9.69 Å². The number of carbonyl (C=O) groups excluding carboxylic acids is 1. The summed E-state index contributed by atoms with van der Waals surface area (Å²) in [6, 6.07) is 14.7. The molecule has 1 aliphatic heterocycles. The number of nitrogens with zero attached hydrogens (tertiary/aromatic N) is 2. The Morgan fingerprint density at radius 1 is 1.19 bits per heavy atom. The third-order valence-corrected chi connectivity index (χ3v) is 6.28. The first-order valence-corrected chi connectivity index (χ1v) is 10.9. The van der Waals surface area contributed by atoms with E-state index < -0.39 is 0 Å². The van der Waals surface area contributed by atoms with Crippen LogP contribution < -0.4 is 0 Å². The first-order chi connectivity index (χ1) is 13.1. The lowest BCUT2D eigenvalue weighted by Gasteiger charge is -2.42. The van der Waals surface area contributed by atoms with Gasteiger partial charge in [0.05, 0.1) is 0 Å². The van der Waals surface area contributed by atoms with Crippen LogP contribution in [0.3, 0.4) is 0 Å². The molecule has 3 rings (SSSR count). The SMILES string of the molecule is CCCCC1CN(C(=O)c2cccc3ccccc23)CCN1CC(C)CS. The summed E-state index contributed by atoms with van der Waals surface area (Å²) in [7, 11) is 0. The van der Waals surface area contributed by atoms with Crippen LogP contribution in [0.25, 0.3) is 10.8 Å². The number of fused-ring (bicyclic) bond motifs is 1. The van der Waals surface area contributed by atoms with Gasteiger partial charge >= 0.3 is 0 Å². The number of piperazine rings is 1. The quantitative estimate of drug-likeness (QED) is 0.698. The minimum atomic E-state index is 0.176. The number of thiol groups is 1. The molecule has 1 amide bonds. The van der Waals surface area contributed by atoms with Gasteiger partial charge in [0.1, 0.15) is 0 Å². The fourth-order valence-electron chi connectivity index (χ4n) is 4.07. The molecule has 1 heterocycles. The van der Waals surface area contributed by atoms with Crippen LogP contribution in [0.5, 0.6) is 0 Å². The number of rotatable bonds is 7. The van der Waals surface area contributed by atoms with Crippen LogP contribution in [0.15, 0.2) is 42.5 Å². The Bertz CT molecular complexity index is 758. The summed E-state index contributed by atoms with van der Waals surface area (Å²) in [5.74, 6) is 1.67. The lowest BCUT2D eigenvalue weighted by molar-refractivity contribution is 0.0428. The molecule has 0 bridgehead atoms. The molecule has 3 nitrogen and oxygen atoms in total. The Morgan fingerprint density at radius 2 is 1.96 bits per heavy atom. The molecule has 1 fully saturated rings. The van der Waals surface area contributed by atoms with Crippen molar-refractivity contribution in [1.29, 1.82) is 0 Å². The van der Waals surface area contributed by atoms with Crippen molar-refractivity contribution in [3.8, 4) is 0 Å². The van der Waals surface area contributed by atoms with Crippen LogP contribution >= 0.6 is 12.6 Å². The van der Waals surface area contributed by atoms with Crippen LogP contribution in [-0.4, -0.2) is 53.7 Å². The van der Waals surface area contributed by atoms with Crippen molar-refractivity contribution in [2.45, 2.75) is 39.2 Å². The molecule has 2 atom stereocenters. The van der Waals surface area contributed by atoms with Gasteiger partial charge in [-0.2, -0.15) is 12.6 Å². The molecular formula is C23H32N2OS. The molecule has 2 unspecified atom stereocenters. The molecular weight excluding hydrogens is 352 g/mol. The highest BCUT2D eigenvalue weighted by atomic mass is 32.1. The van der Waals surface area contributed by atoms with Gasteiger partial charge in [-0.1, -0.05) is 63.1 Å². The van der Waals surface area contributed by atoms with Crippen molar-refractivity contribution in [2.75, 3.05) is 31.9 Å². The standard InChI is InChI=1S/C23H32N2OS/c1-3-4-10-20-16-25(14-13-24(20)15-18(2)17-27)23(26)22-12-7-9-19-8-5-6-11-21(19)22/h5-9,11-12,18,20,27H,3-4,10,13-17H2,1-2H3. The summed E-state index contributed by atoms with van der Waals surface area (Å²) >= 11 is 4.46. The van der Waals surface area contributed by atoms with Gasteiger partial charge in [0.2, 0.25) is 0 Å². The Morgan fingerprint density at radius 3 is 2.74 bits per heavy atom. The fraction of sp³-hybridized carbons (Fsp3) is 0.522. The summed E-state index contributed by atoms with van der Waals surface area (Å²) in [6.07, 6.45) is 3.57. The molecule has 1 saturated heterocycles. The van der Waals surface area contributed by atoms with E-state index in [9.17, 15) is 4.79 Å². The smallest absolute Gasteiger partial charge is 0.254 e. The lowest BCUT2D eigenvalue weighted by Crippen LogP contribution is -2.55. The van der Waals surface area contributed by atoms with Crippen molar-refractivity contribution in [3.05, 3.63) is 48.0 Å². The second-order valence-corrected chi connectivity index (χ2v) is 8.22. The van der Waals surface area contributed by atoms with E-state index in [1.54, 1.807) is 0 Å². The molecule has 0 aliphatic carbocycles. The number of carbonyl (C=O) groups is 1. The van der Waals surface area contributed by atoms with E-state index in [-0.39, 0.29) is 5.91 Å². The van der Waals surface area contributed by atoms with Gasteiger partial charge in [0, 0.05) is 37.8 Å². The van der Waals surface area contributed by atoms with Crippen LogP contribution in [0.2, 0.25) is 0 Å². The predicted molar refractivity (Wildman–Crippen MR) is 118 cm³/mol. The lowest BCUT2D eigenvalue weighted by atomic mass is 10.0. The highest BCUT2D eigenvalue weighted by Gasteiger charge is 2.30. The minimum Gasteiger partial charge on any atom is -0.336 e. The molecule has 0 saturated carbocycles. The zero-order valence-corrected chi connectivity index (χ0v) is 17.5. The van der Waals surface area contributed by atoms with E-state index in [0.717, 1.165) is 54.7 Å². The van der Waals surface area contributed by atoms with Crippen LogP contribution in [-0.2, 0) is 0 Å². The zero-order chi connectivity index (χ0) is 19.2. The average Bonchev–Trinajstić information content (AvgIpc) is 2.71. The van der Waals surface area contributed by atoms with Crippen molar-refractivity contribution >= 4 is 29.3 Å². The third kappa shape index (κ3) is 4.85. The first-order valence-electron chi connectivity index (χ1n) is 10.3. The Hall–Kier alpha value is -1.52. The highest BCUT2D eigenvalue weighted by molar-refractivity contribution is 7.80. The Labute approximate surface area is 169 Å². The molecule has 2 aromatic rings. The van der Waals surface area contributed by atoms with Crippen molar-refractivity contribution in [2.24, 2.45) is 5.92 Å². The monoisotopic (exact) mass is 384 g/mol. The minimum absolute atomic E-state index is 0.176. The number of hydrogen-bond donors (Lipinski definition) is 1. The molecule has 1 aliphatic rings. The maximum absolute atomic E-state index is 13.3. The van der Waals surface area contributed by atoms with Crippen molar-refractivity contribution < 1.29 is 4.79 Å². The largest absolute Gasteiger partial charge is 0.336 e. The van der Waals surface area contributed by atoms with Gasteiger partial charge in [0.15, 0.2) is 0 Å². The maximum Gasteiger partial charge on any atom is 0.254 e. The first kappa shape index (κ1) is 20.2. The molecule has 0 spiro atoms. The van der Waals surface area contributed by atoms with E-state index in [1.807, 2.05) is 24.3 Å². The normalized spacial score (nSPS) is 19.4. The highest BCUT2D eigenvalue weighted by Crippen LogP contribution is 2.23. The van der Waals surface area contributed by atoms with E-state index in [0.29, 0.717) is 12.0 Å². The topological polar surface area (TPSA) is 23.6 Å². The number of unbranched alkanes of at least 4 members (excludes halogenated alkanes) is 1. The summed E-state index contributed by atoms with van der Waals surface area (Å²) in [5, 5.41) is 2.19. The molecule has 2 aromatic carbocycles. The van der Waals surface area contributed by atoms with Gasteiger partial charge in [-0.25, -0.2) is 0 Å². The van der Waals surface area contributed by atoms with Gasteiger partial charge in [-0.15, -0.1) is 0 Å². The zero-order valence-electron chi connectivity index (χ0n) is 16.6. The second kappa shape index (κ2) is 9.61. The molecule has 0 radical (unpaired) electrons. The van der Waals surface area contributed by atoms with Crippen molar-refractivity contribution in [1.82, 2.24) is 9.80 Å². The van der Waals surface area contributed by atoms with Gasteiger partial charge in [-0.05, 0) is 34.9 Å². The van der Waals surface area contributed by atoms with Crippen molar-refractivity contribution in [3.63, 3.8) is 0 Å². The predicted octanol–water partition coefficient (Wildman–Crippen LogP) is 4.72.